The van der Waals surface area contributed by atoms with Crippen LogP contribution in [0.1, 0.15) is 27.3 Å². The van der Waals surface area contributed by atoms with E-state index in [1.54, 1.807) is 49.7 Å². The number of benzene rings is 2. The van der Waals surface area contributed by atoms with Crippen LogP contribution in [0, 0.1) is 19.7 Å². The molecular weight excluding hydrogens is 345 g/mol. The van der Waals surface area contributed by atoms with E-state index in [4.69, 9.17) is 4.74 Å². The highest BCUT2D eigenvalue weighted by Crippen LogP contribution is 2.20. The highest BCUT2D eigenvalue weighted by atomic mass is 19.1. The van der Waals surface area contributed by atoms with Crippen molar-refractivity contribution in [3.05, 3.63) is 82.9 Å². The molecule has 0 radical (unpaired) electrons. The molecule has 3 aromatic rings. The van der Waals surface area contributed by atoms with Gasteiger partial charge in [-0.05, 0) is 62.4 Å². The monoisotopic (exact) mass is 365 g/mol. The smallest absolute Gasteiger partial charge is 0.271 e. The summed E-state index contributed by atoms with van der Waals surface area (Å²) in [4.78, 5) is 12.2. The first-order valence-electron chi connectivity index (χ1n) is 8.42. The van der Waals surface area contributed by atoms with Gasteiger partial charge in [-0.3, -0.25) is 4.79 Å². The molecule has 2 aromatic carbocycles. The molecule has 0 aliphatic rings. The van der Waals surface area contributed by atoms with Gasteiger partial charge in [-0.2, -0.15) is 5.10 Å². The molecule has 1 N–H and O–H groups in total. The van der Waals surface area contributed by atoms with Crippen molar-refractivity contribution in [3.63, 3.8) is 0 Å². The van der Waals surface area contributed by atoms with E-state index in [0.29, 0.717) is 11.3 Å². The van der Waals surface area contributed by atoms with E-state index in [-0.39, 0.29) is 11.7 Å². The molecule has 1 heterocycles. The van der Waals surface area contributed by atoms with E-state index in [2.05, 4.69) is 10.5 Å². The van der Waals surface area contributed by atoms with Crippen LogP contribution in [-0.2, 0) is 0 Å². The Bertz CT molecular complexity index is 991. The quantitative estimate of drug-likeness (QED) is 0.549. The van der Waals surface area contributed by atoms with Gasteiger partial charge in [0.05, 0.1) is 13.3 Å². The molecule has 27 heavy (non-hydrogen) atoms. The van der Waals surface area contributed by atoms with Crippen LogP contribution in [0.15, 0.2) is 59.7 Å². The largest absolute Gasteiger partial charge is 0.497 e. The summed E-state index contributed by atoms with van der Waals surface area (Å²) in [6.45, 7) is 3.91. The SMILES string of the molecule is COc1cccc(C(=O)N/N=C\c2cc(C)n(-c3ccc(F)cc3)c2C)c1. The number of hydrazone groups is 1. The molecule has 0 bridgehead atoms. The maximum absolute atomic E-state index is 13.2. The van der Waals surface area contributed by atoms with Crippen molar-refractivity contribution < 1.29 is 13.9 Å². The lowest BCUT2D eigenvalue weighted by atomic mass is 10.2. The minimum absolute atomic E-state index is 0.275. The summed E-state index contributed by atoms with van der Waals surface area (Å²) in [6, 6.07) is 15.1. The van der Waals surface area contributed by atoms with Gasteiger partial charge in [-0.1, -0.05) is 6.07 Å². The van der Waals surface area contributed by atoms with Gasteiger partial charge in [-0.25, -0.2) is 9.82 Å². The summed E-state index contributed by atoms with van der Waals surface area (Å²) in [5.41, 5.74) is 6.64. The molecule has 0 aliphatic carbocycles. The fourth-order valence-electron chi connectivity index (χ4n) is 2.90. The Labute approximate surface area is 157 Å². The summed E-state index contributed by atoms with van der Waals surface area (Å²) >= 11 is 0. The highest BCUT2D eigenvalue weighted by molar-refractivity contribution is 5.95. The van der Waals surface area contributed by atoms with Gasteiger partial charge >= 0.3 is 0 Å². The summed E-state index contributed by atoms with van der Waals surface area (Å²) < 4.78 is 20.3. The van der Waals surface area contributed by atoms with Gasteiger partial charge in [-0.15, -0.1) is 0 Å². The number of nitrogens with one attached hydrogen (secondary N) is 1. The third-order valence-corrected chi connectivity index (χ3v) is 4.26. The number of amides is 1. The van der Waals surface area contributed by atoms with Gasteiger partial charge < -0.3 is 9.30 Å². The number of hydrogen-bond donors (Lipinski definition) is 1. The fourth-order valence-corrected chi connectivity index (χ4v) is 2.90. The molecule has 5 nitrogen and oxygen atoms in total. The standard InChI is InChI=1S/C21H20FN3O2/c1-14-11-17(15(2)25(14)19-9-7-18(22)8-10-19)13-23-24-21(26)16-5-4-6-20(12-16)27-3/h4-13H,1-3H3,(H,24,26)/b23-13-. The highest BCUT2D eigenvalue weighted by Gasteiger charge is 2.10. The number of nitrogens with zero attached hydrogens (tertiary/aromatic N) is 2. The lowest BCUT2D eigenvalue weighted by Gasteiger charge is -2.09. The Morgan fingerprint density at radius 3 is 2.59 bits per heavy atom. The molecule has 0 atom stereocenters. The zero-order valence-corrected chi connectivity index (χ0v) is 15.4. The maximum Gasteiger partial charge on any atom is 0.271 e. The molecule has 0 fully saturated rings. The molecule has 138 valence electrons. The van der Waals surface area contributed by atoms with Crippen molar-refractivity contribution in [1.82, 2.24) is 9.99 Å². The third kappa shape index (κ3) is 4.06. The third-order valence-electron chi connectivity index (χ3n) is 4.26. The molecule has 0 unspecified atom stereocenters. The molecule has 0 spiro atoms. The van der Waals surface area contributed by atoms with E-state index in [0.717, 1.165) is 22.6 Å². The molecule has 0 saturated carbocycles. The van der Waals surface area contributed by atoms with Gasteiger partial charge in [0.25, 0.3) is 5.91 Å². The number of methoxy groups -OCH3 is 1. The predicted molar refractivity (Wildman–Crippen MR) is 103 cm³/mol. The maximum atomic E-state index is 13.2. The minimum Gasteiger partial charge on any atom is -0.497 e. The van der Waals surface area contributed by atoms with Crippen LogP contribution >= 0.6 is 0 Å². The zero-order chi connectivity index (χ0) is 19.4. The van der Waals surface area contributed by atoms with Gasteiger partial charge in [0.2, 0.25) is 0 Å². The van der Waals surface area contributed by atoms with Crippen molar-refractivity contribution in [2.75, 3.05) is 7.11 Å². The second-order valence-electron chi connectivity index (χ2n) is 6.07. The predicted octanol–water partition coefficient (Wildman–Crippen LogP) is 4.01. The Balaban J connectivity index is 1.77. The molecule has 1 aromatic heterocycles. The zero-order valence-electron chi connectivity index (χ0n) is 15.4. The van der Waals surface area contributed by atoms with Crippen LogP contribution in [0.3, 0.4) is 0 Å². The van der Waals surface area contributed by atoms with E-state index >= 15 is 0 Å². The van der Waals surface area contributed by atoms with Crippen molar-refractivity contribution in [2.45, 2.75) is 13.8 Å². The van der Waals surface area contributed by atoms with Crippen molar-refractivity contribution in [1.29, 1.82) is 0 Å². The van der Waals surface area contributed by atoms with Crippen LogP contribution in [0.25, 0.3) is 5.69 Å². The van der Waals surface area contributed by atoms with E-state index in [1.807, 2.05) is 24.5 Å². The summed E-state index contributed by atoms with van der Waals surface area (Å²) in [6.07, 6.45) is 1.60. The van der Waals surface area contributed by atoms with Crippen molar-refractivity contribution >= 4 is 12.1 Å². The minimum atomic E-state index is -0.322. The van der Waals surface area contributed by atoms with Crippen LogP contribution < -0.4 is 10.2 Å². The van der Waals surface area contributed by atoms with E-state index < -0.39 is 0 Å². The molecule has 0 aliphatic heterocycles. The fraction of sp³-hybridized carbons (Fsp3) is 0.143. The van der Waals surface area contributed by atoms with Crippen LogP contribution in [-0.4, -0.2) is 23.8 Å². The Morgan fingerprint density at radius 1 is 1.15 bits per heavy atom. The summed E-state index contributed by atoms with van der Waals surface area (Å²) in [7, 11) is 1.55. The van der Waals surface area contributed by atoms with Crippen LogP contribution in [0.2, 0.25) is 0 Å². The Kier molecular flexibility index (Phi) is 5.35. The van der Waals surface area contributed by atoms with Crippen molar-refractivity contribution in [2.24, 2.45) is 5.10 Å². The first kappa shape index (κ1) is 18.4. The van der Waals surface area contributed by atoms with Crippen molar-refractivity contribution in [3.8, 4) is 11.4 Å². The van der Waals surface area contributed by atoms with Crippen LogP contribution in [0.5, 0.6) is 5.75 Å². The molecule has 1 amide bonds. The number of carbonyl (C=O) groups excluding carboxylic acids is 1. The number of aryl methyl sites for hydroxylation is 1. The lowest BCUT2D eigenvalue weighted by Crippen LogP contribution is -2.17. The normalized spacial score (nSPS) is 11.0. The average molecular weight is 365 g/mol. The number of aromatic nitrogens is 1. The van der Waals surface area contributed by atoms with Gasteiger partial charge in [0, 0.05) is 28.2 Å². The number of carbonyl (C=O) groups is 1. The van der Waals surface area contributed by atoms with Gasteiger partial charge in [0.1, 0.15) is 11.6 Å². The summed E-state index contributed by atoms with van der Waals surface area (Å²) in [5, 5.41) is 4.06. The lowest BCUT2D eigenvalue weighted by molar-refractivity contribution is 0.0955. The molecule has 3 rings (SSSR count). The first-order chi connectivity index (χ1) is 13.0. The number of ether oxygens (including phenoxy) is 1. The average Bonchev–Trinajstić information content (AvgIpc) is 2.96. The second-order valence-corrected chi connectivity index (χ2v) is 6.07. The Morgan fingerprint density at radius 2 is 1.89 bits per heavy atom. The molecule has 0 saturated heterocycles. The number of halogens is 1. The van der Waals surface area contributed by atoms with Crippen LogP contribution in [0.4, 0.5) is 4.39 Å². The number of hydrogen-bond acceptors (Lipinski definition) is 3. The topological polar surface area (TPSA) is 55.6 Å². The first-order valence-corrected chi connectivity index (χ1v) is 8.42. The molecular formula is C21H20FN3O2. The number of rotatable bonds is 5. The van der Waals surface area contributed by atoms with Gasteiger partial charge in [0.15, 0.2) is 0 Å². The van der Waals surface area contributed by atoms with E-state index in [1.165, 1.54) is 12.1 Å². The second kappa shape index (κ2) is 7.86. The van der Waals surface area contributed by atoms with E-state index in [9.17, 15) is 9.18 Å². The summed E-state index contributed by atoms with van der Waals surface area (Å²) in [5.74, 6) is 0.00946. The Hall–Kier alpha value is -3.41. The molecule has 6 heteroatoms.